The van der Waals surface area contributed by atoms with Crippen molar-refractivity contribution in [3.8, 4) is 0 Å². The Hall–Kier alpha value is -1.07. The van der Waals surface area contributed by atoms with Gasteiger partial charge in [-0.3, -0.25) is 15.5 Å². The highest BCUT2D eigenvalue weighted by atomic mass is 32.2. The Labute approximate surface area is 260 Å². The highest BCUT2D eigenvalue weighted by Gasteiger charge is 2.46. The molecule has 3 saturated heterocycles. The van der Waals surface area contributed by atoms with E-state index in [4.69, 9.17) is 9.47 Å². The first-order valence-corrected chi connectivity index (χ1v) is 18.7. The third-order valence-corrected chi connectivity index (χ3v) is 13.1. The fourth-order valence-electron chi connectivity index (χ4n) is 9.13. The molecule has 0 aromatic heterocycles. The zero-order valence-corrected chi connectivity index (χ0v) is 27.8. The molecule has 1 spiro atoms. The summed E-state index contributed by atoms with van der Waals surface area (Å²) in [5.41, 5.74) is 4.19. The van der Waals surface area contributed by atoms with E-state index < -0.39 is 16.3 Å². The molecular weight excluding hydrogens is 560 g/mol. The van der Waals surface area contributed by atoms with Crippen LogP contribution in [-0.4, -0.2) is 70.0 Å². The Balaban J connectivity index is 1.26. The first-order valence-electron chi connectivity index (χ1n) is 17.1. The van der Waals surface area contributed by atoms with Crippen molar-refractivity contribution in [3.63, 3.8) is 0 Å². The molecule has 9 heteroatoms. The fraction of sp³-hybridized carbons (Fsp3) is 0.824. The average Bonchev–Trinajstić information content (AvgIpc) is 2.94. The SMILES string of the molecule is Cc1cccc(C)c1C1CC2NC(N1)NS(=O)(=O)C1CCCC(C1)CN(CC1CC3(CCOCC3)C1)[C@H](CC(C)C)CO2. The number of aryl methyl sites for hydroxylation is 2. The van der Waals surface area contributed by atoms with E-state index >= 15 is 0 Å². The summed E-state index contributed by atoms with van der Waals surface area (Å²) in [7, 11) is -3.52. The Morgan fingerprint density at radius 1 is 1.05 bits per heavy atom. The maximum atomic E-state index is 13.8. The molecule has 2 saturated carbocycles. The third kappa shape index (κ3) is 7.50. The van der Waals surface area contributed by atoms with Gasteiger partial charge < -0.3 is 9.47 Å². The second-order valence-corrected chi connectivity index (χ2v) is 17.1. The number of rotatable bonds is 5. The van der Waals surface area contributed by atoms with Crippen molar-refractivity contribution in [1.82, 2.24) is 20.3 Å². The van der Waals surface area contributed by atoms with Gasteiger partial charge in [0.15, 0.2) is 0 Å². The predicted molar refractivity (Wildman–Crippen MR) is 171 cm³/mol. The van der Waals surface area contributed by atoms with Gasteiger partial charge in [0, 0.05) is 44.8 Å². The maximum Gasteiger partial charge on any atom is 0.216 e. The third-order valence-electron chi connectivity index (χ3n) is 11.2. The maximum absolute atomic E-state index is 13.8. The molecule has 43 heavy (non-hydrogen) atoms. The standard InChI is InChI=1S/C34H56N4O4S/c1-23(2)15-28-22-42-31-17-30(32-24(3)7-5-8-25(32)4)35-33(36-31)37-43(39,40)29-10-6-9-26(16-29)20-38(28)21-27-18-34(19-27)11-13-41-14-12-34/h5,7-8,23,26-31,33,35-37H,6,9-22H2,1-4H3/t26?,28-,29?,30?,31?,33?/m1/s1. The molecule has 242 valence electrons. The van der Waals surface area contributed by atoms with E-state index in [9.17, 15) is 8.42 Å². The first-order chi connectivity index (χ1) is 20.6. The largest absolute Gasteiger partial charge is 0.381 e. The molecule has 4 bridgehead atoms. The van der Waals surface area contributed by atoms with Crippen LogP contribution in [0.1, 0.15) is 101 Å². The summed E-state index contributed by atoms with van der Waals surface area (Å²) in [6.45, 7) is 13.5. The summed E-state index contributed by atoms with van der Waals surface area (Å²) < 4.78 is 43.2. The first kappa shape index (κ1) is 31.9. The number of hydrogen-bond donors (Lipinski definition) is 3. The van der Waals surface area contributed by atoms with Gasteiger partial charge in [-0.25, -0.2) is 8.42 Å². The van der Waals surface area contributed by atoms with E-state index in [2.05, 4.69) is 66.1 Å². The highest BCUT2D eigenvalue weighted by molar-refractivity contribution is 7.90. The minimum atomic E-state index is -3.52. The van der Waals surface area contributed by atoms with Gasteiger partial charge in [-0.15, -0.1) is 0 Å². The van der Waals surface area contributed by atoms with E-state index in [1.54, 1.807) is 0 Å². The van der Waals surface area contributed by atoms with E-state index in [-0.39, 0.29) is 17.5 Å². The van der Waals surface area contributed by atoms with Gasteiger partial charge in [-0.2, -0.15) is 4.72 Å². The zero-order chi connectivity index (χ0) is 30.2. The van der Waals surface area contributed by atoms with Crippen molar-refractivity contribution in [3.05, 3.63) is 34.9 Å². The molecular formula is C34H56N4O4S. The van der Waals surface area contributed by atoms with Crippen molar-refractivity contribution in [2.24, 2.45) is 23.2 Å². The second kappa shape index (κ2) is 13.3. The molecule has 2 aliphatic carbocycles. The molecule has 6 atom stereocenters. The van der Waals surface area contributed by atoms with Gasteiger partial charge in [0.25, 0.3) is 0 Å². The average molecular weight is 617 g/mol. The monoisotopic (exact) mass is 616 g/mol. The normalized spacial score (nSPS) is 35.5. The van der Waals surface area contributed by atoms with Crippen LogP contribution >= 0.6 is 0 Å². The van der Waals surface area contributed by atoms with Crippen LogP contribution in [0.15, 0.2) is 18.2 Å². The zero-order valence-electron chi connectivity index (χ0n) is 26.9. The summed E-state index contributed by atoms with van der Waals surface area (Å²) in [5.74, 6) is 1.67. The van der Waals surface area contributed by atoms with Crippen LogP contribution in [0.25, 0.3) is 0 Å². The molecule has 0 radical (unpaired) electrons. The van der Waals surface area contributed by atoms with E-state index in [1.807, 2.05) is 0 Å². The van der Waals surface area contributed by atoms with Gasteiger partial charge in [0.1, 0.15) is 12.5 Å². The van der Waals surface area contributed by atoms with Crippen molar-refractivity contribution in [2.45, 2.75) is 122 Å². The van der Waals surface area contributed by atoms with Crippen LogP contribution in [0.2, 0.25) is 0 Å². The number of benzene rings is 1. The van der Waals surface area contributed by atoms with Gasteiger partial charge >= 0.3 is 0 Å². The van der Waals surface area contributed by atoms with Crippen LogP contribution in [0, 0.1) is 37.0 Å². The van der Waals surface area contributed by atoms with Crippen LogP contribution in [0.4, 0.5) is 0 Å². The van der Waals surface area contributed by atoms with Crippen molar-refractivity contribution in [2.75, 3.05) is 32.9 Å². The smallest absolute Gasteiger partial charge is 0.216 e. The Morgan fingerprint density at radius 3 is 2.51 bits per heavy atom. The van der Waals surface area contributed by atoms with Crippen LogP contribution in [-0.2, 0) is 19.5 Å². The van der Waals surface area contributed by atoms with E-state index in [1.165, 1.54) is 42.4 Å². The Morgan fingerprint density at radius 2 is 1.79 bits per heavy atom. The lowest BCUT2D eigenvalue weighted by atomic mass is 9.58. The van der Waals surface area contributed by atoms with Crippen molar-refractivity contribution in [1.29, 1.82) is 0 Å². The van der Waals surface area contributed by atoms with Crippen molar-refractivity contribution < 1.29 is 17.9 Å². The van der Waals surface area contributed by atoms with Crippen LogP contribution < -0.4 is 15.4 Å². The summed E-state index contributed by atoms with van der Waals surface area (Å²) in [4.78, 5) is 2.74. The molecule has 1 aromatic rings. The lowest BCUT2D eigenvalue weighted by Gasteiger charge is -2.52. The summed E-state index contributed by atoms with van der Waals surface area (Å²) in [6.07, 6.45) is 9.62. The Kier molecular flexibility index (Phi) is 9.90. The Bertz CT molecular complexity index is 1170. The number of hydrogen-bond acceptors (Lipinski definition) is 7. The number of nitrogens with one attached hydrogen (secondary N) is 3. The lowest BCUT2D eigenvalue weighted by Crippen LogP contribution is -2.64. The van der Waals surface area contributed by atoms with Crippen molar-refractivity contribution >= 4 is 10.0 Å². The minimum absolute atomic E-state index is 0.00493. The molecule has 0 amide bonds. The van der Waals surface area contributed by atoms with Crippen LogP contribution in [0.5, 0.6) is 0 Å². The van der Waals surface area contributed by atoms with Crippen LogP contribution in [0.3, 0.4) is 0 Å². The number of fused-ring (bicyclic) bond motifs is 4. The van der Waals surface area contributed by atoms with Gasteiger partial charge in [0.05, 0.1) is 11.9 Å². The highest BCUT2D eigenvalue weighted by Crippen LogP contribution is 2.52. The van der Waals surface area contributed by atoms with Gasteiger partial charge in [-0.05, 0) is 105 Å². The predicted octanol–water partition coefficient (Wildman–Crippen LogP) is 4.97. The summed E-state index contributed by atoms with van der Waals surface area (Å²) in [5, 5.41) is 6.75. The number of sulfonamides is 1. The second-order valence-electron chi connectivity index (χ2n) is 15.1. The van der Waals surface area contributed by atoms with Gasteiger partial charge in [0.2, 0.25) is 10.0 Å². The molecule has 5 fully saturated rings. The quantitative estimate of drug-likeness (QED) is 0.430. The van der Waals surface area contributed by atoms with Gasteiger partial charge in [-0.1, -0.05) is 38.5 Å². The number of ether oxygens (including phenoxy) is 2. The molecule has 3 N–H and O–H groups in total. The molecule has 5 aliphatic rings. The molecule has 8 nitrogen and oxygen atoms in total. The molecule has 3 aliphatic heterocycles. The van der Waals surface area contributed by atoms with E-state index in [0.29, 0.717) is 35.8 Å². The molecule has 1 aromatic carbocycles. The summed E-state index contributed by atoms with van der Waals surface area (Å²) in [6, 6.07) is 6.70. The van der Waals surface area contributed by atoms with E-state index in [0.717, 1.165) is 64.8 Å². The molecule has 6 rings (SSSR count). The number of nitrogens with zero attached hydrogens (tertiary/aromatic N) is 1. The fourth-order valence-corrected chi connectivity index (χ4v) is 10.8. The summed E-state index contributed by atoms with van der Waals surface area (Å²) >= 11 is 0. The molecule has 5 unspecified atom stereocenters. The topological polar surface area (TPSA) is 91.9 Å². The minimum Gasteiger partial charge on any atom is -0.381 e. The lowest BCUT2D eigenvalue weighted by molar-refractivity contribution is -0.0810. The molecule has 3 heterocycles.